The molecule has 0 aliphatic carbocycles. The molecule has 0 aliphatic heterocycles. The fraction of sp³-hybridized carbons (Fsp3) is 0.300. The second-order valence-corrected chi connectivity index (χ2v) is 3.45. The fourth-order valence-electron chi connectivity index (χ4n) is 1.13. The van der Waals surface area contributed by atoms with E-state index in [1.807, 2.05) is 25.1 Å². The van der Waals surface area contributed by atoms with Crippen molar-refractivity contribution in [2.24, 2.45) is 0 Å². The molecule has 1 aromatic carbocycles. The minimum atomic E-state index is 0.309. The molecule has 0 radical (unpaired) electrons. The van der Waals surface area contributed by atoms with Crippen molar-refractivity contribution >= 4 is 17.2 Å². The number of hydrogen-bond acceptors (Lipinski definition) is 1. The highest BCUT2D eigenvalue weighted by Gasteiger charge is 2.02. The summed E-state index contributed by atoms with van der Waals surface area (Å²) in [4.78, 5) is 0.839. The van der Waals surface area contributed by atoms with Crippen LogP contribution in [0, 0.1) is 0 Å². The van der Waals surface area contributed by atoms with Crippen LogP contribution in [0.15, 0.2) is 30.3 Å². The van der Waals surface area contributed by atoms with Gasteiger partial charge in [0.25, 0.3) is 0 Å². The molecule has 1 nitrogen and oxygen atoms in total. The molecular formula is C10H13NS. The van der Waals surface area contributed by atoms with Gasteiger partial charge in [0.1, 0.15) is 0 Å². The molecule has 0 saturated heterocycles. The first-order valence-corrected chi connectivity index (χ1v) is 4.43. The average molecular weight is 179 g/mol. The van der Waals surface area contributed by atoms with Crippen LogP contribution in [0.25, 0.3) is 0 Å². The zero-order valence-electron chi connectivity index (χ0n) is 7.37. The Hall–Kier alpha value is -0.890. The largest absolute Gasteiger partial charge is 0.373 e. The summed E-state index contributed by atoms with van der Waals surface area (Å²) in [5.74, 6) is 0. The van der Waals surface area contributed by atoms with Crippen molar-refractivity contribution in [3.05, 3.63) is 35.9 Å². The molecule has 0 aromatic heterocycles. The van der Waals surface area contributed by atoms with Crippen LogP contribution in [0.3, 0.4) is 0 Å². The first kappa shape index (κ1) is 9.20. The maximum absolute atomic E-state index is 4.96. The molecule has 0 saturated carbocycles. The zero-order valence-corrected chi connectivity index (χ0v) is 8.19. The Morgan fingerprint density at radius 1 is 1.33 bits per heavy atom. The first-order chi connectivity index (χ1) is 5.70. The fourth-order valence-corrected chi connectivity index (χ4v) is 1.31. The van der Waals surface area contributed by atoms with Gasteiger partial charge in [-0.3, -0.25) is 0 Å². The van der Waals surface area contributed by atoms with Crippen LogP contribution in [0.5, 0.6) is 0 Å². The molecule has 64 valence electrons. The van der Waals surface area contributed by atoms with Gasteiger partial charge in [0, 0.05) is 6.04 Å². The Bertz CT molecular complexity index is 256. The van der Waals surface area contributed by atoms with E-state index in [4.69, 9.17) is 12.2 Å². The van der Waals surface area contributed by atoms with E-state index in [1.165, 1.54) is 5.56 Å². The van der Waals surface area contributed by atoms with Crippen LogP contribution in [0.4, 0.5) is 0 Å². The van der Waals surface area contributed by atoms with Gasteiger partial charge in [-0.2, -0.15) is 0 Å². The van der Waals surface area contributed by atoms with Gasteiger partial charge >= 0.3 is 0 Å². The summed E-state index contributed by atoms with van der Waals surface area (Å²) in [6, 6.07) is 10.6. The van der Waals surface area contributed by atoms with E-state index in [-0.39, 0.29) is 0 Å². The highest BCUT2D eigenvalue weighted by atomic mass is 32.1. The van der Waals surface area contributed by atoms with Crippen LogP contribution in [0.1, 0.15) is 25.5 Å². The lowest BCUT2D eigenvalue weighted by Gasteiger charge is -2.13. The number of benzene rings is 1. The average Bonchev–Trinajstić information content (AvgIpc) is 2.05. The molecule has 1 aromatic rings. The van der Waals surface area contributed by atoms with E-state index in [9.17, 15) is 0 Å². The van der Waals surface area contributed by atoms with Crippen molar-refractivity contribution in [2.75, 3.05) is 0 Å². The predicted molar refractivity (Wildman–Crippen MR) is 56.3 cm³/mol. The summed E-state index contributed by atoms with van der Waals surface area (Å²) in [5, 5.41) is 3.19. The topological polar surface area (TPSA) is 12.0 Å². The Balaban J connectivity index is 2.65. The van der Waals surface area contributed by atoms with Gasteiger partial charge in [-0.15, -0.1) is 0 Å². The highest BCUT2D eigenvalue weighted by Crippen LogP contribution is 2.10. The quantitative estimate of drug-likeness (QED) is 0.700. The third kappa shape index (κ3) is 2.62. The van der Waals surface area contributed by atoms with E-state index in [2.05, 4.69) is 24.4 Å². The van der Waals surface area contributed by atoms with Crippen LogP contribution >= 0.6 is 12.2 Å². The van der Waals surface area contributed by atoms with Gasteiger partial charge < -0.3 is 5.32 Å². The summed E-state index contributed by atoms with van der Waals surface area (Å²) in [5.41, 5.74) is 1.27. The molecule has 1 atom stereocenters. The maximum atomic E-state index is 4.96. The molecular weight excluding hydrogens is 166 g/mol. The second kappa shape index (κ2) is 4.21. The number of rotatable bonds is 2. The molecule has 1 N–H and O–H groups in total. The van der Waals surface area contributed by atoms with Gasteiger partial charge in [-0.25, -0.2) is 0 Å². The van der Waals surface area contributed by atoms with Crippen LogP contribution in [-0.2, 0) is 0 Å². The van der Waals surface area contributed by atoms with Gasteiger partial charge in [0.05, 0.1) is 4.99 Å². The van der Waals surface area contributed by atoms with Crippen molar-refractivity contribution in [3.8, 4) is 0 Å². The van der Waals surface area contributed by atoms with Crippen molar-refractivity contribution in [1.29, 1.82) is 0 Å². The van der Waals surface area contributed by atoms with Gasteiger partial charge in [0.2, 0.25) is 0 Å². The minimum absolute atomic E-state index is 0.309. The molecule has 0 bridgehead atoms. The molecule has 1 rings (SSSR count). The smallest absolute Gasteiger partial charge is 0.0726 e. The van der Waals surface area contributed by atoms with Crippen LogP contribution in [-0.4, -0.2) is 4.99 Å². The highest BCUT2D eigenvalue weighted by molar-refractivity contribution is 7.80. The van der Waals surface area contributed by atoms with Crippen LogP contribution < -0.4 is 5.32 Å². The van der Waals surface area contributed by atoms with Crippen molar-refractivity contribution in [3.63, 3.8) is 0 Å². The van der Waals surface area contributed by atoms with Crippen LogP contribution in [0.2, 0.25) is 0 Å². The van der Waals surface area contributed by atoms with E-state index < -0.39 is 0 Å². The normalized spacial score (nSPS) is 12.2. The van der Waals surface area contributed by atoms with E-state index >= 15 is 0 Å². The molecule has 0 heterocycles. The Morgan fingerprint density at radius 3 is 2.42 bits per heavy atom. The summed E-state index contributed by atoms with van der Waals surface area (Å²) >= 11 is 4.96. The van der Waals surface area contributed by atoms with E-state index in [1.54, 1.807) is 0 Å². The lowest BCUT2D eigenvalue weighted by Crippen LogP contribution is -2.21. The minimum Gasteiger partial charge on any atom is -0.373 e. The molecule has 0 spiro atoms. The van der Waals surface area contributed by atoms with Crippen molar-refractivity contribution in [1.82, 2.24) is 5.32 Å². The number of hydrogen-bond donors (Lipinski definition) is 1. The van der Waals surface area contributed by atoms with E-state index in [0.29, 0.717) is 6.04 Å². The SMILES string of the molecule is CC(=S)N[C@@H](C)c1ccccc1. The molecule has 0 aliphatic rings. The Labute approximate surface area is 78.8 Å². The molecule has 2 heteroatoms. The van der Waals surface area contributed by atoms with Crippen molar-refractivity contribution in [2.45, 2.75) is 19.9 Å². The summed E-state index contributed by atoms with van der Waals surface area (Å²) < 4.78 is 0. The standard InChI is InChI=1S/C10H13NS/c1-8(11-9(2)12)10-6-4-3-5-7-10/h3-8H,1-2H3,(H,11,12)/t8-/m0/s1. The Morgan fingerprint density at radius 2 is 1.92 bits per heavy atom. The van der Waals surface area contributed by atoms with Gasteiger partial charge in [-0.1, -0.05) is 42.5 Å². The molecule has 0 amide bonds. The first-order valence-electron chi connectivity index (χ1n) is 4.02. The summed E-state index contributed by atoms with van der Waals surface area (Å²) in [7, 11) is 0. The third-order valence-electron chi connectivity index (χ3n) is 1.72. The summed E-state index contributed by atoms with van der Waals surface area (Å²) in [6.45, 7) is 4.00. The lowest BCUT2D eigenvalue weighted by molar-refractivity contribution is 0.722. The number of nitrogens with one attached hydrogen (secondary N) is 1. The molecule has 0 fully saturated rings. The Kier molecular flexibility index (Phi) is 3.23. The van der Waals surface area contributed by atoms with E-state index in [0.717, 1.165) is 4.99 Å². The van der Waals surface area contributed by atoms with Gasteiger partial charge in [0.15, 0.2) is 0 Å². The third-order valence-corrected chi connectivity index (χ3v) is 1.84. The molecule has 0 unspecified atom stereocenters. The predicted octanol–water partition coefficient (Wildman–Crippen LogP) is 2.68. The zero-order chi connectivity index (χ0) is 8.97. The lowest BCUT2D eigenvalue weighted by atomic mass is 10.1. The number of thiocarbonyl (C=S) groups is 1. The van der Waals surface area contributed by atoms with Gasteiger partial charge in [-0.05, 0) is 19.4 Å². The monoisotopic (exact) mass is 179 g/mol. The maximum Gasteiger partial charge on any atom is 0.0726 e. The molecule has 12 heavy (non-hydrogen) atoms. The summed E-state index contributed by atoms with van der Waals surface area (Å²) in [6.07, 6.45) is 0. The second-order valence-electron chi connectivity index (χ2n) is 2.83. The van der Waals surface area contributed by atoms with Crippen molar-refractivity contribution < 1.29 is 0 Å².